The first-order valence-electron chi connectivity index (χ1n) is 6.23. The molecular weight excluding hydrogens is 296 g/mol. The van der Waals surface area contributed by atoms with Crippen LogP contribution >= 0.6 is 35.1 Å². The van der Waals surface area contributed by atoms with Gasteiger partial charge in [-0.15, -0.1) is 23.5 Å². The fourth-order valence-electron chi connectivity index (χ4n) is 2.26. The number of allylic oxidation sites excluding steroid dienone is 2. The number of thioether (sulfide) groups is 2. The maximum atomic E-state index is 12.4. The summed E-state index contributed by atoms with van der Waals surface area (Å²) in [5.74, 6) is 2.51. The first kappa shape index (κ1) is 13.3. The fraction of sp³-hybridized carbons (Fsp3) is 0.267. The van der Waals surface area contributed by atoms with Gasteiger partial charge in [0.1, 0.15) is 0 Å². The Balaban J connectivity index is 1.85. The highest BCUT2D eigenvalue weighted by Crippen LogP contribution is 2.43. The maximum Gasteiger partial charge on any atom is 0.186 e. The van der Waals surface area contributed by atoms with E-state index in [4.69, 9.17) is 11.6 Å². The van der Waals surface area contributed by atoms with Gasteiger partial charge in [-0.05, 0) is 36.6 Å². The Morgan fingerprint density at radius 3 is 2.42 bits per heavy atom. The van der Waals surface area contributed by atoms with Gasteiger partial charge < -0.3 is 0 Å². The van der Waals surface area contributed by atoms with Gasteiger partial charge in [-0.3, -0.25) is 4.79 Å². The topological polar surface area (TPSA) is 17.1 Å². The first-order chi connectivity index (χ1) is 9.24. The lowest BCUT2D eigenvalue weighted by atomic mass is 10.1. The van der Waals surface area contributed by atoms with Crippen LogP contribution in [-0.4, -0.2) is 17.3 Å². The summed E-state index contributed by atoms with van der Waals surface area (Å²) in [5.41, 5.74) is 3.01. The number of hydrogen-bond acceptors (Lipinski definition) is 3. The molecule has 4 heteroatoms. The average molecular weight is 309 g/mol. The Labute approximate surface area is 126 Å². The molecule has 19 heavy (non-hydrogen) atoms. The van der Waals surface area contributed by atoms with E-state index in [1.54, 1.807) is 0 Å². The van der Waals surface area contributed by atoms with Crippen LogP contribution in [0.3, 0.4) is 0 Å². The number of halogens is 1. The predicted octanol–water partition coefficient (Wildman–Crippen LogP) is 4.78. The standard InChI is InChI=1S/C15H13ClOS2/c16-12-4-1-10(2-5-12)9-11-3-6-13(14(11)17)15-18-7-8-19-15/h1-2,4-5,9H,3,6-8H2/b11-9+. The Kier molecular flexibility index (Phi) is 4.06. The SMILES string of the molecule is O=C1C(=C2SCCS2)CC/C1=C\c1ccc(Cl)cc1. The van der Waals surface area contributed by atoms with Crippen molar-refractivity contribution in [1.29, 1.82) is 0 Å². The molecule has 0 N–H and O–H groups in total. The molecule has 1 saturated carbocycles. The van der Waals surface area contributed by atoms with Crippen molar-refractivity contribution in [2.75, 3.05) is 11.5 Å². The van der Waals surface area contributed by atoms with Crippen molar-refractivity contribution in [3.05, 3.63) is 50.2 Å². The second-order valence-corrected chi connectivity index (χ2v) is 7.42. The van der Waals surface area contributed by atoms with E-state index in [0.717, 1.165) is 46.1 Å². The van der Waals surface area contributed by atoms with Crippen LogP contribution in [0.2, 0.25) is 5.02 Å². The number of ketones is 1. The molecule has 98 valence electrons. The van der Waals surface area contributed by atoms with Crippen LogP contribution in [-0.2, 0) is 4.79 Å². The third-order valence-electron chi connectivity index (χ3n) is 3.22. The summed E-state index contributed by atoms with van der Waals surface area (Å²) < 4.78 is 1.25. The van der Waals surface area contributed by atoms with Gasteiger partial charge in [0.2, 0.25) is 0 Å². The molecule has 3 rings (SSSR count). The summed E-state index contributed by atoms with van der Waals surface area (Å²) in [4.78, 5) is 12.4. The van der Waals surface area contributed by atoms with E-state index in [-0.39, 0.29) is 5.78 Å². The zero-order chi connectivity index (χ0) is 13.2. The molecule has 0 spiro atoms. The van der Waals surface area contributed by atoms with Crippen LogP contribution in [0.5, 0.6) is 0 Å². The number of rotatable bonds is 1. The second-order valence-electron chi connectivity index (χ2n) is 4.51. The van der Waals surface area contributed by atoms with E-state index in [2.05, 4.69) is 0 Å². The van der Waals surface area contributed by atoms with Crippen molar-refractivity contribution in [2.24, 2.45) is 0 Å². The Morgan fingerprint density at radius 1 is 1.05 bits per heavy atom. The number of hydrogen-bond donors (Lipinski definition) is 0. The molecule has 1 heterocycles. The van der Waals surface area contributed by atoms with Crippen molar-refractivity contribution in [3.8, 4) is 0 Å². The number of carbonyl (C=O) groups excluding carboxylic acids is 1. The molecule has 1 saturated heterocycles. The van der Waals surface area contributed by atoms with Gasteiger partial charge in [0, 0.05) is 31.9 Å². The molecule has 1 nitrogen and oxygen atoms in total. The lowest BCUT2D eigenvalue weighted by Crippen LogP contribution is -1.96. The third-order valence-corrected chi connectivity index (χ3v) is 6.27. The zero-order valence-corrected chi connectivity index (χ0v) is 12.7. The quantitative estimate of drug-likeness (QED) is 0.695. The minimum Gasteiger partial charge on any atom is -0.289 e. The normalized spacial score (nSPS) is 21.7. The van der Waals surface area contributed by atoms with Gasteiger partial charge in [0.15, 0.2) is 5.78 Å². The molecule has 0 aromatic heterocycles. The van der Waals surface area contributed by atoms with E-state index in [0.29, 0.717) is 0 Å². The minimum atomic E-state index is 0.242. The summed E-state index contributed by atoms with van der Waals surface area (Å²) in [6, 6.07) is 7.62. The van der Waals surface area contributed by atoms with Gasteiger partial charge in [0.05, 0.1) is 0 Å². The van der Waals surface area contributed by atoms with Crippen molar-refractivity contribution < 1.29 is 4.79 Å². The van der Waals surface area contributed by atoms with E-state index < -0.39 is 0 Å². The summed E-state index contributed by atoms with van der Waals surface area (Å²) in [5, 5.41) is 0.724. The number of benzene rings is 1. The third kappa shape index (κ3) is 2.93. The summed E-state index contributed by atoms with van der Waals surface area (Å²) in [7, 11) is 0. The average Bonchev–Trinajstić information content (AvgIpc) is 3.03. The summed E-state index contributed by atoms with van der Waals surface area (Å²) >= 11 is 9.53. The largest absolute Gasteiger partial charge is 0.289 e. The van der Waals surface area contributed by atoms with Gasteiger partial charge in [-0.1, -0.05) is 23.7 Å². The Bertz CT molecular complexity index is 564. The molecule has 0 amide bonds. The van der Waals surface area contributed by atoms with Crippen LogP contribution in [0, 0.1) is 0 Å². The highest BCUT2D eigenvalue weighted by Gasteiger charge is 2.28. The molecule has 1 aliphatic heterocycles. The molecule has 1 aliphatic carbocycles. The highest BCUT2D eigenvalue weighted by molar-refractivity contribution is 8.25. The minimum absolute atomic E-state index is 0.242. The van der Waals surface area contributed by atoms with Gasteiger partial charge in [-0.2, -0.15) is 0 Å². The van der Waals surface area contributed by atoms with Crippen molar-refractivity contribution >= 4 is 47.0 Å². The van der Waals surface area contributed by atoms with E-state index in [9.17, 15) is 4.79 Å². The van der Waals surface area contributed by atoms with E-state index in [1.165, 1.54) is 4.24 Å². The number of Topliss-reactive ketones (excluding diaryl/α,β-unsaturated/α-hetero) is 1. The van der Waals surface area contributed by atoms with E-state index >= 15 is 0 Å². The lowest BCUT2D eigenvalue weighted by Gasteiger charge is -2.00. The van der Waals surface area contributed by atoms with Crippen molar-refractivity contribution in [1.82, 2.24) is 0 Å². The number of carbonyl (C=O) groups is 1. The van der Waals surface area contributed by atoms with Crippen LogP contribution in [0.15, 0.2) is 39.6 Å². The van der Waals surface area contributed by atoms with Crippen LogP contribution < -0.4 is 0 Å². The fourth-order valence-corrected chi connectivity index (χ4v) is 4.99. The Hall–Kier alpha value is -0.640. The smallest absolute Gasteiger partial charge is 0.186 e. The lowest BCUT2D eigenvalue weighted by molar-refractivity contribution is -0.111. The molecule has 1 aromatic carbocycles. The van der Waals surface area contributed by atoms with Crippen LogP contribution in [0.25, 0.3) is 6.08 Å². The summed E-state index contributed by atoms with van der Waals surface area (Å²) in [6.45, 7) is 0. The van der Waals surface area contributed by atoms with Gasteiger partial charge in [-0.25, -0.2) is 0 Å². The van der Waals surface area contributed by atoms with Gasteiger partial charge >= 0.3 is 0 Å². The molecule has 0 bridgehead atoms. The first-order valence-corrected chi connectivity index (χ1v) is 8.58. The molecule has 0 unspecified atom stereocenters. The van der Waals surface area contributed by atoms with Crippen LogP contribution in [0.4, 0.5) is 0 Å². The predicted molar refractivity (Wildman–Crippen MR) is 85.6 cm³/mol. The molecule has 0 radical (unpaired) electrons. The Morgan fingerprint density at radius 2 is 1.74 bits per heavy atom. The highest BCUT2D eigenvalue weighted by atomic mass is 35.5. The zero-order valence-electron chi connectivity index (χ0n) is 10.3. The molecule has 2 aliphatic rings. The monoisotopic (exact) mass is 308 g/mol. The van der Waals surface area contributed by atoms with Gasteiger partial charge in [0.25, 0.3) is 0 Å². The van der Waals surface area contributed by atoms with Crippen molar-refractivity contribution in [3.63, 3.8) is 0 Å². The molecule has 0 atom stereocenters. The molecule has 1 aromatic rings. The second kappa shape index (κ2) is 5.78. The molecule has 2 fully saturated rings. The van der Waals surface area contributed by atoms with Crippen molar-refractivity contribution in [2.45, 2.75) is 12.8 Å². The van der Waals surface area contributed by atoms with Crippen LogP contribution in [0.1, 0.15) is 18.4 Å². The summed E-state index contributed by atoms with van der Waals surface area (Å²) in [6.07, 6.45) is 3.76. The van der Waals surface area contributed by atoms with E-state index in [1.807, 2.05) is 53.9 Å². The molecular formula is C15H13ClOS2. The maximum absolute atomic E-state index is 12.4.